The Kier molecular flexibility index (Phi) is 5.17. The number of aryl methyl sites for hydroxylation is 1. The Morgan fingerprint density at radius 3 is 2.40 bits per heavy atom. The molecular weight excluding hydrogens is 276 g/mol. The van der Waals surface area contributed by atoms with Crippen LogP contribution in [-0.4, -0.2) is 43.1 Å². The first kappa shape index (κ1) is 15.5. The molecule has 0 saturated carbocycles. The molecule has 114 valence electrons. The summed E-state index contributed by atoms with van der Waals surface area (Å²) in [7, 11) is -1.65. The minimum atomic E-state index is -3.44. The van der Waals surface area contributed by atoms with Gasteiger partial charge in [0.05, 0.1) is 11.4 Å². The van der Waals surface area contributed by atoms with E-state index in [4.69, 9.17) is 0 Å². The highest BCUT2D eigenvalue weighted by molar-refractivity contribution is 7.89. The zero-order chi connectivity index (χ0) is 14.6. The molecule has 1 aliphatic rings. The van der Waals surface area contributed by atoms with E-state index in [1.807, 2.05) is 0 Å². The van der Waals surface area contributed by atoms with Crippen LogP contribution in [0.5, 0.6) is 0 Å². The third-order valence-electron chi connectivity index (χ3n) is 3.72. The van der Waals surface area contributed by atoms with Gasteiger partial charge in [0.1, 0.15) is 4.90 Å². The predicted molar refractivity (Wildman–Crippen MR) is 77.9 cm³/mol. The van der Waals surface area contributed by atoms with Crippen LogP contribution in [-0.2, 0) is 16.6 Å². The normalized spacial score (nSPS) is 18.7. The summed E-state index contributed by atoms with van der Waals surface area (Å²) in [6.07, 6.45) is 5.32. The lowest BCUT2D eigenvalue weighted by molar-refractivity contribution is 0.363. The Labute approximate surface area is 121 Å². The highest BCUT2D eigenvalue weighted by atomic mass is 32.2. The molecule has 1 saturated heterocycles. The van der Waals surface area contributed by atoms with E-state index in [2.05, 4.69) is 15.5 Å². The van der Waals surface area contributed by atoms with Gasteiger partial charge in [0.15, 0.2) is 0 Å². The average molecular weight is 300 g/mol. The quantitative estimate of drug-likeness (QED) is 0.881. The van der Waals surface area contributed by atoms with Crippen molar-refractivity contribution in [3.8, 4) is 0 Å². The fourth-order valence-electron chi connectivity index (χ4n) is 2.69. The lowest BCUT2D eigenvalue weighted by atomic mass is 10.1. The zero-order valence-electron chi connectivity index (χ0n) is 12.3. The molecule has 0 aromatic carbocycles. The summed E-state index contributed by atoms with van der Waals surface area (Å²) in [5.74, 6) is 0. The van der Waals surface area contributed by atoms with Crippen molar-refractivity contribution in [3.05, 3.63) is 11.4 Å². The van der Waals surface area contributed by atoms with Crippen LogP contribution in [0.2, 0.25) is 0 Å². The topological polar surface area (TPSA) is 78.1 Å². The third-order valence-corrected chi connectivity index (χ3v) is 5.82. The molecule has 2 N–H and O–H groups in total. The van der Waals surface area contributed by atoms with Gasteiger partial charge in [-0.15, -0.1) is 0 Å². The van der Waals surface area contributed by atoms with Crippen molar-refractivity contribution in [1.82, 2.24) is 19.8 Å². The van der Waals surface area contributed by atoms with Crippen LogP contribution >= 0.6 is 0 Å². The van der Waals surface area contributed by atoms with Crippen LogP contribution in [0.15, 0.2) is 4.90 Å². The molecule has 6 nitrogen and oxygen atoms in total. The summed E-state index contributed by atoms with van der Waals surface area (Å²) in [6.45, 7) is 3.45. The summed E-state index contributed by atoms with van der Waals surface area (Å²) >= 11 is 0. The molecule has 0 radical (unpaired) electrons. The highest BCUT2D eigenvalue weighted by Crippen LogP contribution is 2.24. The lowest BCUT2D eigenvalue weighted by Gasteiger charge is -2.24. The van der Waals surface area contributed by atoms with Gasteiger partial charge in [0.25, 0.3) is 0 Å². The predicted octanol–water partition coefficient (Wildman–Crippen LogP) is 1.39. The SMILES string of the molecule is CNCc1n[nH]c(C)c1S(=O)(=O)N1CCCCCCC1. The molecular formula is C13H24N4O2S. The van der Waals surface area contributed by atoms with Gasteiger partial charge in [0, 0.05) is 19.6 Å². The monoisotopic (exact) mass is 300 g/mol. The molecule has 20 heavy (non-hydrogen) atoms. The number of hydrogen-bond donors (Lipinski definition) is 2. The largest absolute Gasteiger partial charge is 0.314 e. The zero-order valence-corrected chi connectivity index (χ0v) is 13.1. The van der Waals surface area contributed by atoms with Gasteiger partial charge in [-0.3, -0.25) is 5.10 Å². The van der Waals surface area contributed by atoms with E-state index in [1.165, 1.54) is 6.42 Å². The van der Waals surface area contributed by atoms with Gasteiger partial charge in [-0.25, -0.2) is 8.42 Å². The molecule has 7 heteroatoms. The Bertz CT molecular complexity index is 531. The first-order valence-corrected chi connectivity index (χ1v) is 8.70. The van der Waals surface area contributed by atoms with E-state index in [0.717, 1.165) is 25.7 Å². The number of nitrogens with zero attached hydrogens (tertiary/aromatic N) is 2. The molecule has 0 aliphatic carbocycles. The Balaban J connectivity index is 2.30. The van der Waals surface area contributed by atoms with E-state index in [0.29, 0.717) is 35.9 Å². The highest BCUT2D eigenvalue weighted by Gasteiger charge is 2.30. The van der Waals surface area contributed by atoms with E-state index in [-0.39, 0.29) is 0 Å². The molecule has 2 heterocycles. The Hall–Kier alpha value is -0.920. The summed E-state index contributed by atoms with van der Waals surface area (Å²) in [4.78, 5) is 0.354. The van der Waals surface area contributed by atoms with Crippen molar-refractivity contribution < 1.29 is 8.42 Å². The first-order chi connectivity index (χ1) is 9.57. The van der Waals surface area contributed by atoms with E-state index < -0.39 is 10.0 Å². The standard InChI is InChI=1S/C13H24N4O2S/c1-11-13(12(10-14-2)16-15-11)20(18,19)17-8-6-4-3-5-7-9-17/h14H,3-10H2,1-2H3,(H,15,16). The second-order valence-electron chi connectivity index (χ2n) is 5.33. The molecule has 0 atom stereocenters. The van der Waals surface area contributed by atoms with Crippen LogP contribution in [0.3, 0.4) is 0 Å². The molecule has 2 rings (SSSR count). The number of sulfonamides is 1. The maximum Gasteiger partial charge on any atom is 0.246 e. The minimum absolute atomic E-state index is 0.354. The summed E-state index contributed by atoms with van der Waals surface area (Å²) in [5, 5.41) is 9.88. The second-order valence-corrected chi connectivity index (χ2v) is 7.20. The van der Waals surface area contributed by atoms with Crippen LogP contribution in [0.1, 0.15) is 43.5 Å². The van der Waals surface area contributed by atoms with Crippen LogP contribution in [0.25, 0.3) is 0 Å². The number of nitrogens with one attached hydrogen (secondary N) is 2. The number of rotatable bonds is 4. The van der Waals surface area contributed by atoms with Crippen LogP contribution in [0.4, 0.5) is 0 Å². The van der Waals surface area contributed by atoms with Crippen LogP contribution in [0, 0.1) is 6.92 Å². The van der Waals surface area contributed by atoms with Crippen LogP contribution < -0.4 is 5.32 Å². The Morgan fingerprint density at radius 1 is 1.20 bits per heavy atom. The van der Waals surface area contributed by atoms with Crippen molar-refractivity contribution >= 4 is 10.0 Å². The fraction of sp³-hybridized carbons (Fsp3) is 0.769. The van der Waals surface area contributed by atoms with Gasteiger partial charge >= 0.3 is 0 Å². The second kappa shape index (κ2) is 6.69. The van der Waals surface area contributed by atoms with E-state index in [1.54, 1.807) is 18.3 Å². The molecule has 1 aromatic rings. The number of hydrogen-bond acceptors (Lipinski definition) is 4. The third kappa shape index (κ3) is 3.21. The molecule has 1 aromatic heterocycles. The summed E-state index contributed by atoms with van der Waals surface area (Å²) in [6, 6.07) is 0. The molecule has 0 amide bonds. The van der Waals surface area contributed by atoms with Gasteiger partial charge < -0.3 is 5.32 Å². The molecule has 1 fully saturated rings. The van der Waals surface area contributed by atoms with Crippen molar-refractivity contribution in [2.45, 2.75) is 50.5 Å². The smallest absolute Gasteiger partial charge is 0.246 e. The van der Waals surface area contributed by atoms with Gasteiger partial charge in [-0.05, 0) is 26.8 Å². The van der Waals surface area contributed by atoms with Gasteiger partial charge in [-0.2, -0.15) is 9.40 Å². The van der Waals surface area contributed by atoms with E-state index in [9.17, 15) is 8.42 Å². The molecule has 1 aliphatic heterocycles. The van der Waals surface area contributed by atoms with Crippen molar-refractivity contribution in [2.24, 2.45) is 0 Å². The lowest BCUT2D eigenvalue weighted by Crippen LogP contribution is -2.34. The minimum Gasteiger partial charge on any atom is -0.314 e. The first-order valence-electron chi connectivity index (χ1n) is 7.26. The maximum atomic E-state index is 12.9. The molecule has 0 bridgehead atoms. The van der Waals surface area contributed by atoms with Gasteiger partial charge in [0.2, 0.25) is 10.0 Å². The number of aromatic nitrogens is 2. The molecule has 0 spiro atoms. The average Bonchev–Trinajstić information content (AvgIpc) is 2.70. The van der Waals surface area contributed by atoms with Crippen molar-refractivity contribution in [2.75, 3.05) is 20.1 Å². The Morgan fingerprint density at radius 2 is 1.80 bits per heavy atom. The van der Waals surface area contributed by atoms with E-state index >= 15 is 0 Å². The fourth-order valence-corrected chi connectivity index (χ4v) is 4.53. The number of aromatic amines is 1. The maximum absolute atomic E-state index is 12.9. The summed E-state index contributed by atoms with van der Waals surface area (Å²) < 4.78 is 27.4. The van der Waals surface area contributed by atoms with Crippen molar-refractivity contribution in [3.63, 3.8) is 0 Å². The number of H-pyrrole nitrogens is 1. The molecule has 0 unspecified atom stereocenters. The summed E-state index contributed by atoms with van der Waals surface area (Å²) in [5.41, 5.74) is 1.20. The van der Waals surface area contributed by atoms with Gasteiger partial charge in [-0.1, -0.05) is 19.3 Å². The van der Waals surface area contributed by atoms with Crippen molar-refractivity contribution in [1.29, 1.82) is 0 Å².